The molecule has 2 nitrogen and oxygen atoms in total. The molecule has 17 heavy (non-hydrogen) atoms. The molecule has 100 valence electrons. The van der Waals surface area contributed by atoms with E-state index in [0.29, 0.717) is 5.41 Å². The SMILES string of the molecule is CC(C)CN1CCN(CC2(CBr)CCC2)CC1. The molecule has 2 fully saturated rings. The molecule has 0 amide bonds. The Balaban J connectivity index is 1.72. The molecule has 1 aliphatic carbocycles. The largest absolute Gasteiger partial charge is 0.301 e. The number of piperazine rings is 1. The van der Waals surface area contributed by atoms with Crippen LogP contribution in [0.1, 0.15) is 33.1 Å². The van der Waals surface area contributed by atoms with Gasteiger partial charge in [0.2, 0.25) is 0 Å². The van der Waals surface area contributed by atoms with Crippen LogP contribution in [0.2, 0.25) is 0 Å². The third kappa shape index (κ3) is 3.68. The maximum absolute atomic E-state index is 3.72. The summed E-state index contributed by atoms with van der Waals surface area (Å²) in [6.45, 7) is 12.3. The zero-order chi connectivity index (χ0) is 12.3. The highest BCUT2D eigenvalue weighted by atomic mass is 79.9. The summed E-state index contributed by atoms with van der Waals surface area (Å²) in [5.41, 5.74) is 0.625. The standard InChI is InChI=1S/C14H27BrN2/c1-13(2)10-16-6-8-17(9-7-16)12-14(11-15)4-3-5-14/h13H,3-12H2,1-2H3. The van der Waals surface area contributed by atoms with E-state index in [1.165, 1.54) is 63.9 Å². The molecule has 2 rings (SSSR count). The lowest BCUT2D eigenvalue weighted by atomic mass is 9.70. The van der Waals surface area contributed by atoms with Gasteiger partial charge in [-0.1, -0.05) is 36.2 Å². The van der Waals surface area contributed by atoms with Gasteiger partial charge in [0, 0.05) is 44.6 Å². The molecule has 0 aromatic carbocycles. The van der Waals surface area contributed by atoms with Crippen molar-refractivity contribution >= 4 is 15.9 Å². The average Bonchev–Trinajstić information content (AvgIpc) is 2.25. The second-order valence-electron chi connectivity index (χ2n) is 6.46. The summed E-state index contributed by atoms with van der Waals surface area (Å²) in [7, 11) is 0. The van der Waals surface area contributed by atoms with E-state index in [4.69, 9.17) is 0 Å². The summed E-state index contributed by atoms with van der Waals surface area (Å²) >= 11 is 3.72. The van der Waals surface area contributed by atoms with Crippen molar-refractivity contribution in [1.29, 1.82) is 0 Å². The van der Waals surface area contributed by atoms with Gasteiger partial charge in [-0.3, -0.25) is 0 Å². The van der Waals surface area contributed by atoms with E-state index in [9.17, 15) is 0 Å². The summed E-state index contributed by atoms with van der Waals surface area (Å²) in [5.74, 6) is 0.807. The van der Waals surface area contributed by atoms with Crippen molar-refractivity contribution in [3.63, 3.8) is 0 Å². The summed E-state index contributed by atoms with van der Waals surface area (Å²) in [6, 6.07) is 0. The topological polar surface area (TPSA) is 6.48 Å². The minimum absolute atomic E-state index is 0.625. The van der Waals surface area contributed by atoms with Gasteiger partial charge in [0.1, 0.15) is 0 Å². The lowest BCUT2D eigenvalue weighted by molar-refractivity contribution is 0.0513. The Bertz CT molecular complexity index is 225. The van der Waals surface area contributed by atoms with Crippen LogP contribution >= 0.6 is 15.9 Å². The fraction of sp³-hybridized carbons (Fsp3) is 1.00. The predicted molar refractivity (Wildman–Crippen MR) is 77.8 cm³/mol. The monoisotopic (exact) mass is 302 g/mol. The van der Waals surface area contributed by atoms with Crippen LogP contribution in [0.5, 0.6) is 0 Å². The first-order chi connectivity index (χ1) is 8.13. The smallest absolute Gasteiger partial charge is 0.0110 e. The molecule has 1 aliphatic heterocycles. The van der Waals surface area contributed by atoms with Gasteiger partial charge >= 0.3 is 0 Å². The predicted octanol–water partition coefficient (Wildman–Crippen LogP) is 2.83. The molecule has 2 aliphatic rings. The summed E-state index contributed by atoms with van der Waals surface area (Å²) in [4.78, 5) is 5.32. The van der Waals surface area contributed by atoms with Gasteiger partial charge in [-0.15, -0.1) is 0 Å². The fourth-order valence-corrected chi connectivity index (χ4v) is 3.87. The van der Waals surface area contributed by atoms with E-state index in [0.717, 1.165) is 5.92 Å². The van der Waals surface area contributed by atoms with Crippen molar-refractivity contribution in [2.45, 2.75) is 33.1 Å². The Morgan fingerprint density at radius 3 is 2.06 bits per heavy atom. The third-order valence-corrected chi connectivity index (χ3v) is 5.53. The molecular weight excluding hydrogens is 276 g/mol. The fourth-order valence-electron chi connectivity index (χ4n) is 3.13. The van der Waals surface area contributed by atoms with E-state index in [1.54, 1.807) is 0 Å². The lowest BCUT2D eigenvalue weighted by Crippen LogP contribution is -2.52. The summed E-state index contributed by atoms with van der Waals surface area (Å²) < 4.78 is 0. The Labute approximate surface area is 115 Å². The van der Waals surface area contributed by atoms with Crippen molar-refractivity contribution in [2.75, 3.05) is 44.6 Å². The van der Waals surface area contributed by atoms with Gasteiger partial charge in [-0.05, 0) is 24.2 Å². The first kappa shape index (κ1) is 13.8. The number of halogens is 1. The maximum Gasteiger partial charge on any atom is 0.0110 e. The first-order valence-corrected chi connectivity index (χ1v) is 8.26. The molecule has 1 saturated heterocycles. The van der Waals surface area contributed by atoms with Gasteiger partial charge < -0.3 is 9.80 Å². The molecule has 1 heterocycles. The van der Waals surface area contributed by atoms with Crippen molar-refractivity contribution in [2.24, 2.45) is 11.3 Å². The van der Waals surface area contributed by atoms with Crippen molar-refractivity contribution < 1.29 is 0 Å². The van der Waals surface area contributed by atoms with E-state index in [1.807, 2.05) is 0 Å². The van der Waals surface area contributed by atoms with Crippen molar-refractivity contribution in [3.05, 3.63) is 0 Å². The first-order valence-electron chi connectivity index (χ1n) is 7.14. The summed E-state index contributed by atoms with van der Waals surface area (Å²) in [5, 5.41) is 1.20. The van der Waals surface area contributed by atoms with Gasteiger partial charge in [-0.2, -0.15) is 0 Å². The van der Waals surface area contributed by atoms with Gasteiger partial charge in [0.05, 0.1) is 0 Å². The number of rotatable bonds is 5. The number of hydrogen-bond donors (Lipinski definition) is 0. The van der Waals surface area contributed by atoms with E-state index >= 15 is 0 Å². The molecule has 0 spiro atoms. The minimum Gasteiger partial charge on any atom is -0.301 e. The second kappa shape index (κ2) is 6.03. The molecule has 0 radical (unpaired) electrons. The highest BCUT2D eigenvalue weighted by molar-refractivity contribution is 9.09. The molecule has 0 unspecified atom stereocenters. The van der Waals surface area contributed by atoms with Crippen LogP contribution in [0.4, 0.5) is 0 Å². The Kier molecular flexibility index (Phi) is 4.90. The molecule has 0 aromatic heterocycles. The molecule has 0 N–H and O–H groups in total. The van der Waals surface area contributed by atoms with Crippen LogP contribution in [0, 0.1) is 11.3 Å². The van der Waals surface area contributed by atoms with Crippen molar-refractivity contribution in [1.82, 2.24) is 9.80 Å². The maximum atomic E-state index is 3.72. The zero-order valence-corrected chi connectivity index (χ0v) is 13.0. The van der Waals surface area contributed by atoms with Crippen LogP contribution in [0.25, 0.3) is 0 Å². The molecule has 0 atom stereocenters. The normalized spacial score (nSPS) is 26.1. The lowest BCUT2D eigenvalue weighted by Gasteiger charge is -2.46. The Morgan fingerprint density at radius 2 is 1.65 bits per heavy atom. The minimum atomic E-state index is 0.625. The average molecular weight is 303 g/mol. The molecule has 0 aromatic rings. The molecule has 3 heteroatoms. The van der Waals surface area contributed by atoms with Crippen molar-refractivity contribution in [3.8, 4) is 0 Å². The molecule has 1 saturated carbocycles. The van der Waals surface area contributed by atoms with E-state index in [-0.39, 0.29) is 0 Å². The quantitative estimate of drug-likeness (QED) is 0.721. The van der Waals surface area contributed by atoms with Gasteiger partial charge in [0.25, 0.3) is 0 Å². The highest BCUT2D eigenvalue weighted by Gasteiger charge is 2.37. The van der Waals surface area contributed by atoms with Crippen LogP contribution in [0.15, 0.2) is 0 Å². The molecule has 0 bridgehead atoms. The van der Waals surface area contributed by atoms with Crippen LogP contribution < -0.4 is 0 Å². The van der Waals surface area contributed by atoms with Gasteiger partial charge in [-0.25, -0.2) is 0 Å². The second-order valence-corrected chi connectivity index (χ2v) is 7.02. The van der Waals surface area contributed by atoms with E-state index in [2.05, 4.69) is 39.6 Å². The Hall–Kier alpha value is 0.400. The van der Waals surface area contributed by atoms with Crippen LogP contribution in [-0.2, 0) is 0 Å². The van der Waals surface area contributed by atoms with Crippen LogP contribution in [0.3, 0.4) is 0 Å². The number of nitrogens with zero attached hydrogens (tertiary/aromatic N) is 2. The number of hydrogen-bond acceptors (Lipinski definition) is 2. The Morgan fingerprint density at radius 1 is 1.06 bits per heavy atom. The number of alkyl halides is 1. The zero-order valence-electron chi connectivity index (χ0n) is 11.4. The van der Waals surface area contributed by atoms with E-state index < -0.39 is 0 Å². The highest BCUT2D eigenvalue weighted by Crippen LogP contribution is 2.43. The third-order valence-electron chi connectivity index (χ3n) is 4.34. The van der Waals surface area contributed by atoms with Crippen LogP contribution in [-0.4, -0.2) is 54.4 Å². The molecular formula is C14H27BrN2. The summed E-state index contributed by atoms with van der Waals surface area (Å²) in [6.07, 6.45) is 4.31. The van der Waals surface area contributed by atoms with Gasteiger partial charge in [0.15, 0.2) is 0 Å².